The summed E-state index contributed by atoms with van der Waals surface area (Å²) >= 11 is 3.43. The highest BCUT2D eigenvalue weighted by atomic mass is 79.9. The fourth-order valence-electron chi connectivity index (χ4n) is 3.88. The molecule has 2 heterocycles. The van der Waals surface area contributed by atoms with Gasteiger partial charge in [0.1, 0.15) is 23.1 Å². The zero-order valence-electron chi connectivity index (χ0n) is 17.1. The van der Waals surface area contributed by atoms with Crippen LogP contribution in [0.25, 0.3) is 0 Å². The Morgan fingerprint density at radius 1 is 1.23 bits per heavy atom. The summed E-state index contributed by atoms with van der Waals surface area (Å²) in [6.45, 7) is 2.17. The molecule has 0 saturated carbocycles. The average molecular weight is 478 g/mol. The number of aryl methyl sites for hydroxylation is 1. The van der Waals surface area contributed by atoms with Crippen LogP contribution in [0, 0.1) is 18.3 Å². The number of rotatable bonds is 4. The topological polar surface area (TPSA) is 90.3 Å². The molecule has 0 unspecified atom stereocenters. The summed E-state index contributed by atoms with van der Waals surface area (Å²) in [7, 11) is 1.60. The molecule has 0 spiro atoms. The lowest BCUT2D eigenvalue weighted by molar-refractivity contribution is 0.388. The van der Waals surface area contributed by atoms with Gasteiger partial charge in [-0.25, -0.2) is 0 Å². The molecule has 4 rings (SSSR count). The van der Waals surface area contributed by atoms with E-state index < -0.39 is 5.92 Å². The zero-order chi connectivity index (χ0) is 22.1. The number of halogens is 1. The lowest BCUT2D eigenvalue weighted by Crippen LogP contribution is -2.33. The molecule has 7 heteroatoms. The fourth-order valence-corrected chi connectivity index (χ4v) is 4.14. The van der Waals surface area contributed by atoms with Crippen LogP contribution in [0.2, 0.25) is 0 Å². The van der Waals surface area contributed by atoms with Crippen LogP contribution in [0.3, 0.4) is 0 Å². The molecule has 1 atom stereocenters. The molecule has 6 nitrogen and oxygen atoms in total. The van der Waals surface area contributed by atoms with Crippen LogP contribution >= 0.6 is 15.9 Å². The van der Waals surface area contributed by atoms with Crippen molar-refractivity contribution < 1.29 is 9.47 Å². The number of methoxy groups -OCH3 is 1. The van der Waals surface area contributed by atoms with Gasteiger partial charge in [-0.05, 0) is 30.7 Å². The predicted octanol–water partition coefficient (Wildman–Crippen LogP) is 4.19. The minimum atomic E-state index is -0.612. The standard InChI is InChI=1S/C24H20BrN3O3/c1-14-11-20-22(24(29)28(14)13-16-5-3-4-6-19(16)30-2)21(18(12-26)23(27)31-20)15-7-9-17(25)10-8-15/h3-11,21H,13,27H2,1-2H3/t21-/m1/s1. The normalized spacial score (nSPS) is 15.1. The molecule has 1 aromatic heterocycles. The van der Waals surface area contributed by atoms with E-state index in [4.69, 9.17) is 15.2 Å². The second kappa shape index (κ2) is 8.32. The van der Waals surface area contributed by atoms with Gasteiger partial charge in [-0.1, -0.05) is 46.3 Å². The molecular formula is C24H20BrN3O3. The third kappa shape index (κ3) is 3.71. The van der Waals surface area contributed by atoms with Crippen molar-refractivity contribution in [3.8, 4) is 17.6 Å². The molecule has 0 fully saturated rings. The molecule has 3 aromatic rings. The molecular weight excluding hydrogens is 458 g/mol. The largest absolute Gasteiger partial charge is 0.496 e. The van der Waals surface area contributed by atoms with E-state index in [0.29, 0.717) is 23.6 Å². The van der Waals surface area contributed by atoms with Crippen molar-refractivity contribution in [2.75, 3.05) is 7.11 Å². The third-order valence-corrected chi connectivity index (χ3v) is 5.94. The Kier molecular flexibility index (Phi) is 5.57. The van der Waals surface area contributed by atoms with Crippen LogP contribution in [-0.2, 0) is 6.54 Å². The van der Waals surface area contributed by atoms with Gasteiger partial charge in [0.25, 0.3) is 5.56 Å². The smallest absolute Gasteiger partial charge is 0.259 e. The van der Waals surface area contributed by atoms with E-state index >= 15 is 0 Å². The van der Waals surface area contributed by atoms with Gasteiger partial charge in [0.05, 0.1) is 25.1 Å². The molecule has 31 heavy (non-hydrogen) atoms. The summed E-state index contributed by atoms with van der Waals surface area (Å²) in [6.07, 6.45) is 0. The molecule has 0 radical (unpaired) electrons. The van der Waals surface area contributed by atoms with E-state index in [9.17, 15) is 10.1 Å². The lowest BCUT2D eigenvalue weighted by Gasteiger charge is -2.27. The van der Waals surface area contributed by atoms with E-state index in [-0.39, 0.29) is 17.0 Å². The van der Waals surface area contributed by atoms with Gasteiger partial charge in [-0.15, -0.1) is 0 Å². The Hall–Kier alpha value is -3.50. The number of allylic oxidation sites excluding steroid dienone is 1. The van der Waals surface area contributed by atoms with Crippen molar-refractivity contribution in [3.05, 3.63) is 103 Å². The van der Waals surface area contributed by atoms with E-state index in [0.717, 1.165) is 21.3 Å². The summed E-state index contributed by atoms with van der Waals surface area (Å²) in [5, 5.41) is 9.79. The number of nitrogens with two attached hydrogens (primary N) is 1. The SMILES string of the molecule is COc1ccccc1Cn1c(C)cc2c(c1=O)[C@H](c1ccc(Br)cc1)C(C#N)=C(N)O2. The van der Waals surface area contributed by atoms with E-state index in [1.165, 1.54) is 0 Å². The lowest BCUT2D eigenvalue weighted by atomic mass is 9.84. The van der Waals surface area contributed by atoms with Gasteiger partial charge in [-0.3, -0.25) is 4.79 Å². The predicted molar refractivity (Wildman–Crippen MR) is 121 cm³/mol. The Labute approximate surface area is 188 Å². The van der Waals surface area contributed by atoms with Crippen LogP contribution in [0.5, 0.6) is 11.5 Å². The first kappa shape index (κ1) is 20.8. The van der Waals surface area contributed by atoms with Crippen LogP contribution in [-0.4, -0.2) is 11.7 Å². The van der Waals surface area contributed by atoms with E-state index in [2.05, 4.69) is 22.0 Å². The van der Waals surface area contributed by atoms with Crippen molar-refractivity contribution in [1.29, 1.82) is 5.26 Å². The Bertz CT molecular complexity index is 1290. The zero-order valence-corrected chi connectivity index (χ0v) is 18.6. The number of ether oxygens (including phenoxy) is 2. The highest BCUT2D eigenvalue weighted by Gasteiger charge is 2.34. The van der Waals surface area contributed by atoms with Gasteiger partial charge >= 0.3 is 0 Å². The Morgan fingerprint density at radius 3 is 2.61 bits per heavy atom. The van der Waals surface area contributed by atoms with Gasteiger partial charge in [0.15, 0.2) is 0 Å². The fraction of sp³-hybridized carbons (Fsp3) is 0.167. The highest BCUT2D eigenvalue weighted by Crippen LogP contribution is 2.40. The molecule has 2 N–H and O–H groups in total. The Morgan fingerprint density at radius 2 is 1.94 bits per heavy atom. The summed E-state index contributed by atoms with van der Waals surface area (Å²) in [5.41, 5.74) is 8.84. The molecule has 1 aliphatic heterocycles. The second-order valence-corrected chi connectivity index (χ2v) is 8.16. The molecule has 0 bridgehead atoms. The van der Waals surface area contributed by atoms with E-state index in [1.54, 1.807) is 17.7 Å². The van der Waals surface area contributed by atoms with Gasteiger partial charge in [0, 0.05) is 21.8 Å². The number of nitriles is 1. The van der Waals surface area contributed by atoms with Crippen molar-refractivity contribution in [2.45, 2.75) is 19.4 Å². The molecule has 0 saturated heterocycles. The average Bonchev–Trinajstić information content (AvgIpc) is 2.76. The monoisotopic (exact) mass is 477 g/mol. The van der Waals surface area contributed by atoms with Crippen molar-refractivity contribution in [2.24, 2.45) is 5.73 Å². The third-order valence-electron chi connectivity index (χ3n) is 5.41. The summed E-state index contributed by atoms with van der Waals surface area (Å²) < 4.78 is 13.7. The van der Waals surface area contributed by atoms with Crippen molar-refractivity contribution in [1.82, 2.24) is 4.57 Å². The minimum absolute atomic E-state index is 0.0178. The first-order chi connectivity index (χ1) is 14.9. The van der Waals surface area contributed by atoms with Crippen molar-refractivity contribution in [3.63, 3.8) is 0 Å². The van der Waals surface area contributed by atoms with Gasteiger partial charge < -0.3 is 19.8 Å². The first-order valence-corrected chi connectivity index (χ1v) is 10.4. The summed E-state index contributed by atoms with van der Waals surface area (Å²) in [5.74, 6) is 0.486. The first-order valence-electron chi connectivity index (χ1n) is 9.64. The summed E-state index contributed by atoms with van der Waals surface area (Å²) in [4.78, 5) is 13.7. The maximum Gasteiger partial charge on any atom is 0.259 e. The van der Waals surface area contributed by atoms with E-state index in [1.807, 2.05) is 55.5 Å². The second-order valence-electron chi connectivity index (χ2n) is 7.24. The molecule has 1 aliphatic rings. The number of aromatic nitrogens is 1. The highest BCUT2D eigenvalue weighted by molar-refractivity contribution is 9.10. The molecule has 0 aliphatic carbocycles. The maximum atomic E-state index is 13.7. The molecule has 0 amide bonds. The van der Waals surface area contributed by atoms with Gasteiger partial charge in [-0.2, -0.15) is 5.26 Å². The maximum absolute atomic E-state index is 13.7. The number of para-hydroxylation sites is 1. The molecule has 2 aromatic carbocycles. The Balaban J connectivity index is 1.92. The van der Waals surface area contributed by atoms with Crippen LogP contribution in [0.1, 0.15) is 28.3 Å². The number of nitrogens with zero attached hydrogens (tertiary/aromatic N) is 2. The number of pyridine rings is 1. The summed E-state index contributed by atoms with van der Waals surface area (Å²) in [6, 6.07) is 19.0. The van der Waals surface area contributed by atoms with Crippen LogP contribution in [0.15, 0.2) is 75.3 Å². The molecule has 156 valence electrons. The number of hydrogen-bond donors (Lipinski definition) is 1. The number of hydrogen-bond acceptors (Lipinski definition) is 5. The number of benzene rings is 2. The van der Waals surface area contributed by atoms with Crippen LogP contribution < -0.4 is 20.8 Å². The van der Waals surface area contributed by atoms with Crippen LogP contribution in [0.4, 0.5) is 0 Å². The number of fused-ring (bicyclic) bond motifs is 1. The van der Waals surface area contributed by atoms with Gasteiger partial charge in [0.2, 0.25) is 5.88 Å². The van der Waals surface area contributed by atoms with Crippen molar-refractivity contribution >= 4 is 15.9 Å². The quantitative estimate of drug-likeness (QED) is 0.607. The minimum Gasteiger partial charge on any atom is -0.496 e.